The van der Waals surface area contributed by atoms with Crippen molar-refractivity contribution in [3.8, 4) is 34.5 Å². The molecule has 0 saturated carbocycles. The number of aryl methyl sites for hydroxylation is 2. The van der Waals surface area contributed by atoms with E-state index in [1.165, 1.54) is 36.9 Å². The van der Waals surface area contributed by atoms with Gasteiger partial charge >= 0.3 is 11.9 Å². The maximum Gasteiger partial charge on any atom is 0.349 e. The molecule has 8 rings (SSSR count). The first-order valence-electron chi connectivity index (χ1n) is 17.9. The molecule has 8 aromatic rings. The standard InChI is InChI=1S/C40H34N8O8S2/c1-5-55-39(51)31-29(27-25(57-31)11-13-43-37(27)53-3)35-45-21-17-19(33(41)49)7-9-23(21)47(35)15-16-48-24-10-8-20(34(42)50)18-22(24)46-36(48)30-28-26(12-14-44-38(28)54-4)58-32(30)40(52)56-6-2/h7-14,17-18H,5-6,15-16H2,1-4H3,(H2,41,49)(H2,42,50). The van der Waals surface area contributed by atoms with Crippen LogP contribution in [-0.2, 0) is 22.6 Å². The molecule has 2 amide bonds. The summed E-state index contributed by atoms with van der Waals surface area (Å²) < 4.78 is 27.7. The molecule has 0 radical (unpaired) electrons. The number of imidazole rings is 2. The number of methoxy groups -OCH3 is 2. The summed E-state index contributed by atoms with van der Waals surface area (Å²) >= 11 is 2.44. The quantitative estimate of drug-likeness (QED) is 0.124. The average Bonchev–Trinajstić information content (AvgIpc) is 3.99. The van der Waals surface area contributed by atoms with Crippen molar-refractivity contribution in [2.75, 3.05) is 27.4 Å². The van der Waals surface area contributed by atoms with Gasteiger partial charge in [0.15, 0.2) is 0 Å². The van der Waals surface area contributed by atoms with Crippen LogP contribution in [0.2, 0.25) is 0 Å². The number of primary amides is 2. The topological polar surface area (TPSA) is 219 Å². The van der Waals surface area contributed by atoms with E-state index >= 15 is 0 Å². The van der Waals surface area contributed by atoms with Crippen molar-refractivity contribution in [2.24, 2.45) is 11.5 Å². The first-order valence-corrected chi connectivity index (χ1v) is 19.6. The molecule has 0 unspecified atom stereocenters. The maximum atomic E-state index is 13.6. The van der Waals surface area contributed by atoms with Gasteiger partial charge in [0, 0.05) is 46.0 Å². The number of ether oxygens (including phenoxy) is 4. The second kappa shape index (κ2) is 15.2. The lowest BCUT2D eigenvalue weighted by Gasteiger charge is -2.15. The van der Waals surface area contributed by atoms with E-state index < -0.39 is 23.8 Å². The summed E-state index contributed by atoms with van der Waals surface area (Å²) in [7, 11) is 2.99. The minimum Gasteiger partial charge on any atom is -0.481 e. The van der Waals surface area contributed by atoms with Gasteiger partial charge in [-0.3, -0.25) is 9.59 Å². The zero-order valence-electron chi connectivity index (χ0n) is 31.5. The number of hydrogen-bond donors (Lipinski definition) is 2. The minimum atomic E-state index is -0.632. The number of esters is 2. The molecule has 16 nitrogen and oxygen atoms in total. The van der Waals surface area contributed by atoms with E-state index in [2.05, 4.69) is 9.97 Å². The molecule has 4 N–H and O–H groups in total. The lowest BCUT2D eigenvalue weighted by atomic mass is 10.1. The third kappa shape index (κ3) is 6.31. The fraction of sp³-hybridized carbons (Fsp3) is 0.200. The zero-order chi connectivity index (χ0) is 40.8. The number of nitrogens with zero attached hydrogens (tertiary/aromatic N) is 6. The Balaban J connectivity index is 1.39. The number of hydrogen-bond acceptors (Lipinski definition) is 14. The summed E-state index contributed by atoms with van der Waals surface area (Å²) in [5, 5.41) is 1.11. The SMILES string of the molecule is CCOC(=O)c1sc2ccnc(OC)c2c1-c1nc2cc(C(N)=O)ccc2n1CCn1c(-c2c(C(=O)OCC)sc3ccnc(OC)c23)nc2cc(C(N)=O)ccc21. The van der Waals surface area contributed by atoms with E-state index in [1.54, 1.807) is 74.8 Å². The zero-order valence-corrected chi connectivity index (χ0v) is 33.2. The highest BCUT2D eigenvalue weighted by atomic mass is 32.1. The van der Waals surface area contributed by atoms with Gasteiger partial charge in [-0.25, -0.2) is 29.5 Å². The summed E-state index contributed by atoms with van der Waals surface area (Å²) in [6, 6.07) is 13.5. The molecule has 0 spiro atoms. The van der Waals surface area contributed by atoms with E-state index in [1.807, 2.05) is 9.13 Å². The smallest absolute Gasteiger partial charge is 0.349 e. The van der Waals surface area contributed by atoms with Gasteiger partial charge in [0.2, 0.25) is 23.6 Å². The van der Waals surface area contributed by atoms with Crippen LogP contribution < -0.4 is 20.9 Å². The van der Waals surface area contributed by atoms with Crippen molar-refractivity contribution in [1.82, 2.24) is 29.1 Å². The molecular formula is C40H34N8O8S2. The van der Waals surface area contributed by atoms with E-state index in [0.29, 0.717) is 65.0 Å². The summed E-state index contributed by atoms with van der Waals surface area (Å²) in [5.74, 6) is -1.06. The summed E-state index contributed by atoms with van der Waals surface area (Å²) in [4.78, 5) is 71.5. The molecular weight excluding hydrogens is 785 g/mol. The molecule has 0 aliphatic carbocycles. The number of carbonyl (C=O) groups excluding carboxylic acids is 4. The molecule has 0 fully saturated rings. The van der Waals surface area contributed by atoms with Crippen LogP contribution in [0.5, 0.6) is 11.8 Å². The van der Waals surface area contributed by atoms with Crippen molar-refractivity contribution in [3.05, 3.63) is 81.8 Å². The first-order chi connectivity index (χ1) is 28.1. The van der Waals surface area contributed by atoms with Crippen LogP contribution in [0.15, 0.2) is 60.9 Å². The van der Waals surface area contributed by atoms with E-state index in [-0.39, 0.29) is 58.9 Å². The number of nitrogens with two attached hydrogens (primary N) is 2. The van der Waals surface area contributed by atoms with Crippen molar-refractivity contribution in [1.29, 1.82) is 0 Å². The van der Waals surface area contributed by atoms with Crippen LogP contribution in [0.3, 0.4) is 0 Å². The third-order valence-corrected chi connectivity index (χ3v) is 11.8. The van der Waals surface area contributed by atoms with Gasteiger partial charge in [0.05, 0.1) is 71.4 Å². The van der Waals surface area contributed by atoms with Crippen molar-refractivity contribution in [2.45, 2.75) is 26.9 Å². The van der Waals surface area contributed by atoms with Crippen LogP contribution in [-0.4, -0.2) is 80.3 Å². The number of fused-ring (bicyclic) bond motifs is 4. The molecule has 0 saturated heterocycles. The van der Waals surface area contributed by atoms with Crippen LogP contribution in [0.1, 0.15) is 53.9 Å². The second-order valence-corrected chi connectivity index (χ2v) is 14.9. The summed E-state index contributed by atoms with van der Waals surface area (Å²) in [6.07, 6.45) is 3.19. The second-order valence-electron chi connectivity index (χ2n) is 12.7. The Kier molecular flexibility index (Phi) is 9.95. The number of pyridine rings is 2. The van der Waals surface area contributed by atoms with Crippen LogP contribution in [0, 0.1) is 0 Å². The average molecular weight is 819 g/mol. The van der Waals surface area contributed by atoms with E-state index in [0.717, 1.165) is 0 Å². The molecule has 0 bridgehead atoms. The Morgan fingerprint density at radius 1 is 0.638 bits per heavy atom. The van der Waals surface area contributed by atoms with Gasteiger partial charge in [-0.15, -0.1) is 22.7 Å². The van der Waals surface area contributed by atoms with Crippen LogP contribution >= 0.6 is 22.7 Å². The fourth-order valence-electron chi connectivity index (χ4n) is 7.05. The number of rotatable bonds is 13. The van der Waals surface area contributed by atoms with Crippen molar-refractivity contribution < 1.29 is 38.1 Å². The molecule has 2 aromatic carbocycles. The van der Waals surface area contributed by atoms with Gasteiger partial charge in [-0.2, -0.15) is 0 Å². The monoisotopic (exact) mass is 818 g/mol. The highest BCUT2D eigenvalue weighted by Crippen LogP contribution is 2.45. The van der Waals surface area contributed by atoms with Crippen molar-refractivity contribution >= 4 is 88.7 Å². The largest absolute Gasteiger partial charge is 0.481 e. The number of benzene rings is 2. The lowest BCUT2D eigenvalue weighted by molar-refractivity contribution is 0.0523. The number of amides is 2. The molecule has 0 atom stereocenters. The molecule has 58 heavy (non-hydrogen) atoms. The third-order valence-electron chi connectivity index (χ3n) is 9.50. The van der Waals surface area contributed by atoms with Crippen molar-refractivity contribution in [3.63, 3.8) is 0 Å². The highest BCUT2D eigenvalue weighted by Gasteiger charge is 2.31. The fourth-order valence-corrected chi connectivity index (χ4v) is 9.20. The predicted molar refractivity (Wildman–Crippen MR) is 219 cm³/mol. The Bertz CT molecular complexity index is 2780. The van der Waals surface area contributed by atoms with E-state index in [9.17, 15) is 19.2 Å². The van der Waals surface area contributed by atoms with Crippen LogP contribution in [0.25, 0.3) is 65.0 Å². The Labute approximate surface area is 336 Å². The van der Waals surface area contributed by atoms with Gasteiger partial charge in [0.25, 0.3) is 0 Å². The summed E-state index contributed by atoms with van der Waals surface area (Å²) in [5.41, 5.74) is 14.9. The van der Waals surface area contributed by atoms with Gasteiger partial charge in [-0.05, 0) is 62.4 Å². The Morgan fingerprint density at radius 2 is 1.05 bits per heavy atom. The molecule has 6 aromatic heterocycles. The van der Waals surface area contributed by atoms with Gasteiger partial charge < -0.3 is 39.5 Å². The molecule has 294 valence electrons. The molecule has 6 heterocycles. The number of thiophene rings is 2. The first kappa shape index (κ1) is 38.0. The molecule has 0 aliphatic heterocycles. The number of aromatic nitrogens is 6. The minimum absolute atomic E-state index is 0.138. The highest BCUT2D eigenvalue weighted by molar-refractivity contribution is 7.22. The summed E-state index contributed by atoms with van der Waals surface area (Å²) in [6.45, 7) is 4.13. The van der Waals surface area contributed by atoms with Crippen LogP contribution in [0.4, 0.5) is 0 Å². The maximum absolute atomic E-state index is 13.6. The normalized spacial score (nSPS) is 11.4. The van der Waals surface area contributed by atoms with Gasteiger partial charge in [0.1, 0.15) is 21.4 Å². The lowest BCUT2D eigenvalue weighted by Crippen LogP contribution is -2.13. The number of carbonyl (C=O) groups is 4. The Hall–Kier alpha value is -6.92. The molecule has 0 aliphatic rings. The Morgan fingerprint density at radius 3 is 1.41 bits per heavy atom. The van der Waals surface area contributed by atoms with Gasteiger partial charge in [-0.1, -0.05) is 0 Å². The molecule has 18 heteroatoms. The van der Waals surface area contributed by atoms with E-state index in [4.69, 9.17) is 40.4 Å². The predicted octanol–water partition coefficient (Wildman–Crippen LogP) is 6.21.